The summed E-state index contributed by atoms with van der Waals surface area (Å²) in [5.74, 6) is -2.44. The maximum absolute atomic E-state index is 13.6. The fraction of sp³-hybridized carbons (Fsp3) is 0.176. The van der Waals surface area contributed by atoms with Crippen molar-refractivity contribution in [3.8, 4) is 0 Å². The number of nitrogens with zero attached hydrogens (tertiary/aromatic N) is 1. The van der Waals surface area contributed by atoms with E-state index in [-0.39, 0.29) is 22.7 Å². The number of rotatable bonds is 3. The van der Waals surface area contributed by atoms with Crippen LogP contribution < -0.4 is 9.62 Å². The van der Waals surface area contributed by atoms with Crippen LogP contribution in [0.15, 0.2) is 48.5 Å². The van der Waals surface area contributed by atoms with E-state index in [9.17, 15) is 22.4 Å². The molecule has 1 aliphatic heterocycles. The zero-order chi connectivity index (χ0) is 18.2. The predicted octanol–water partition coefficient (Wildman–Crippen LogP) is 2.39. The normalized spacial score (nSPS) is 19.0. The van der Waals surface area contributed by atoms with Crippen LogP contribution in [-0.4, -0.2) is 26.0 Å². The van der Waals surface area contributed by atoms with E-state index < -0.39 is 33.6 Å². The molecule has 130 valence electrons. The fourth-order valence-corrected chi connectivity index (χ4v) is 4.41. The van der Waals surface area contributed by atoms with Gasteiger partial charge in [0.05, 0.1) is 23.0 Å². The Hall–Kier alpha value is -2.74. The Morgan fingerprint density at radius 2 is 1.80 bits per heavy atom. The van der Waals surface area contributed by atoms with Crippen LogP contribution in [0.1, 0.15) is 17.3 Å². The lowest BCUT2D eigenvalue weighted by atomic mass is 10.1. The van der Waals surface area contributed by atoms with E-state index in [0.29, 0.717) is 0 Å². The minimum Gasteiger partial charge on any atom is -0.319 e. The largest absolute Gasteiger partial charge is 0.319 e. The van der Waals surface area contributed by atoms with Gasteiger partial charge in [-0.25, -0.2) is 17.1 Å². The van der Waals surface area contributed by atoms with Crippen molar-refractivity contribution < 1.29 is 22.4 Å². The molecule has 1 aliphatic rings. The van der Waals surface area contributed by atoms with Crippen molar-refractivity contribution in [1.82, 2.24) is 0 Å². The Kier molecular flexibility index (Phi) is 4.30. The molecule has 6 nitrogen and oxygen atoms in total. The van der Waals surface area contributed by atoms with Crippen LogP contribution in [0.4, 0.5) is 15.8 Å². The van der Waals surface area contributed by atoms with Gasteiger partial charge in [0.25, 0.3) is 5.91 Å². The van der Waals surface area contributed by atoms with E-state index in [1.807, 2.05) is 0 Å². The Morgan fingerprint density at radius 1 is 1.16 bits per heavy atom. The lowest BCUT2D eigenvalue weighted by Gasteiger charge is -2.15. The average Bonchev–Trinajstić information content (AvgIpc) is 2.77. The number of sulfonamides is 1. The second-order valence-corrected chi connectivity index (χ2v) is 7.63. The minimum atomic E-state index is -3.69. The molecule has 1 heterocycles. The molecule has 3 rings (SSSR count). The molecule has 0 saturated carbocycles. The highest BCUT2D eigenvalue weighted by Crippen LogP contribution is 2.28. The third kappa shape index (κ3) is 3.25. The Bertz CT molecular complexity index is 941. The molecule has 25 heavy (non-hydrogen) atoms. The van der Waals surface area contributed by atoms with Crippen LogP contribution in [0.3, 0.4) is 0 Å². The van der Waals surface area contributed by atoms with Crippen LogP contribution in [0.2, 0.25) is 0 Å². The highest BCUT2D eigenvalue weighted by Gasteiger charge is 2.41. The van der Waals surface area contributed by atoms with Crippen molar-refractivity contribution in [3.63, 3.8) is 0 Å². The molecule has 2 amide bonds. The van der Waals surface area contributed by atoms with Crippen LogP contribution in [0.5, 0.6) is 0 Å². The van der Waals surface area contributed by atoms with E-state index in [2.05, 4.69) is 5.32 Å². The predicted molar refractivity (Wildman–Crippen MR) is 91.2 cm³/mol. The Labute approximate surface area is 144 Å². The molecule has 0 bridgehead atoms. The summed E-state index contributed by atoms with van der Waals surface area (Å²) in [6.45, 7) is 1.55. The van der Waals surface area contributed by atoms with Crippen molar-refractivity contribution in [1.29, 1.82) is 0 Å². The standard InChI is InChI=1S/C17H15FN2O4S/c1-11-10-25(23,24)20(17(11)22)13-8-6-12(7-9-13)16(21)19-15-5-3-2-4-14(15)18/h2-9,11H,10H2,1H3,(H,19,21). The van der Waals surface area contributed by atoms with Gasteiger partial charge in [0.15, 0.2) is 0 Å². The van der Waals surface area contributed by atoms with Crippen molar-refractivity contribution in [2.24, 2.45) is 5.92 Å². The number of anilines is 2. The molecule has 1 atom stereocenters. The molecule has 2 aromatic carbocycles. The molecule has 0 spiro atoms. The second kappa shape index (κ2) is 6.29. The van der Waals surface area contributed by atoms with Gasteiger partial charge in [-0.1, -0.05) is 19.1 Å². The molecule has 1 N–H and O–H groups in total. The zero-order valence-electron chi connectivity index (χ0n) is 13.3. The van der Waals surface area contributed by atoms with Gasteiger partial charge in [0.2, 0.25) is 15.9 Å². The molecule has 1 saturated heterocycles. The van der Waals surface area contributed by atoms with E-state index in [1.165, 1.54) is 42.5 Å². The van der Waals surface area contributed by atoms with Crippen molar-refractivity contribution in [3.05, 3.63) is 59.9 Å². The first kappa shape index (κ1) is 17.1. The summed E-state index contributed by atoms with van der Waals surface area (Å²) in [6, 6.07) is 11.3. The molecular formula is C17H15FN2O4S. The molecule has 0 aliphatic carbocycles. The number of hydrogen-bond donors (Lipinski definition) is 1. The van der Waals surface area contributed by atoms with Crippen molar-refractivity contribution >= 4 is 33.2 Å². The third-order valence-electron chi connectivity index (χ3n) is 3.85. The quantitative estimate of drug-likeness (QED) is 0.909. The van der Waals surface area contributed by atoms with E-state index in [1.54, 1.807) is 13.0 Å². The fourth-order valence-electron chi connectivity index (χ4n) is 2.59. The lowest BCUT2D eigenvalue weighted by molar-refractivity contribution is -0.119. The number of carbonyl (C=O) groups excluding carboxylic acids is 2. The number of para-hydroxylation sites is 1. The number of benzene rings is 2. The van der Waals surface area contributed by atoms with Gasteiger partial charge in [-0.15, -0.1) is 0 Å². The Morgan fingerprint density at radius 3 is 2.36 bits per heavy atom. The monoisotopic (exact) mass is 362 g/mol. The van der Waals surface area contributed by atoms with Crippen LogP contribution in [0, 0.1) is 11.7 Å². The van der Waals surface area contributed by atoms with Gasteiger partial charge in [0, 0.05) is 5.56 Å². The maximum Gasteiger partial charge on any atom is 0.255 e. The van der Waals surface area contributed by atoms with Crippen molar-refractivity contribution in [2.45, 2.75) is 6.92 Å². The summed E-state index contributed by atoms with van der Waals surface area (Å²) >= 11 is 0. The summed E-state index contributed by atoms with van der Waals surface area (Å²) in [7, 11) is -3.69. The topological polar surface area (TPSA) is 83.6 Å². The highest BCUT2D eigenvalue weighted by atomic mass is 32.2. The summed E-state index contributed by atoms with van der Waals surface area (Å²) in [4.78, 5) is 24.2. The number of halogens is 1. The molecule has 1 unspecified atom stereocenters. The van der Waals surface area contributed by atoms with Gasteiger partial charge in [0.1, 0.15) is 5.82 Å². The number of carbonyl (C=O) groups is 2. The summed E-state index contributed by atoms with van der Waals surface area (Å²) in [5, 5.41) is 2.43. The van der Waals surface area contributed by atoms with Crippen LogP contribution in [0.25, 0.3) is 0 Å². The molecule has 0 radical (unpaired) electrons. The van der Waals surface area contributed by atoms with E-state index in [4.69, 9.17) is 0 Å². The van der Waals surface area contributed by atoms with Crippen LogP contribution >= 0.6 is 0 Å². The highest BCUT2D eigenvalue weighted by molar-refractivity contribution is 7.94. The summed E-state index contributed by atoms with van der Waals surface area (Å²) in [6.07, 6.45) is 0. The SMILES string of the molecule is CC1CS(=O)(=O)N(c2ccc(C(=O)Nc3ccccc3F)cc2)C1=O. The second-order valence-electron chi connectivity index (χ2n) is 5.76. The molecule has 2 aromatic rings. The first-order chi connectivity index (χ1) is 11.8. The average molecular weight is 362 g/mol. The van der Waals surface area contributed by atoms with E-state index in [0.717, 1.165) is 4.31 Å². The van der Waals surface area contributed by atoms with Crippen molar-refractivity contribution in [2.75, 3.05) is 15.4 Å². The molecule has 1 fully saturated rings. The zero-order valence-corrected chi connectivity index (χ0v) is 14.1. The maximum atomic E-state index is 13.6. The number of nitrogens with one attached hydrogen (secondary N) is 1. The van der Waals surface area contributed by atoms with Gasteiger partial charge in [-0.2, -0.15) is 0 Å². The first-order valence-electron chi connectivity index (χ1n) is 7.52. The Balaban J connectivity index is 1.82. The smallest absolute Gasteiger partial charge is 0.255 e. The molecular weight excluding hydrogens is 347 g/mol. The van der Waals surface area contributed by atoms with Gasteiger partial charge >= 0.3 is 0 Å². The third-order valence-corrected chi connectivity index (χ3v) is 5.71. The number of hydrogen-bond acceptors (Lipinski definition) is 4. The molecule has 0 aromatic heterocycles. The number of amides is 2. The summed E-state index contributed by atoms with van der Waals surface area (Å²) in [5.41, 5.74) is 0.434. The summed E-state index contributed by atoms with van der Waals surface area (Å²) < 4.78 is 38.5. The van der Waals surface area contributed by atoms with Gasteiger partial charge < -0.3 is 5.32 Å². The van der Waals surface area contributed by atoms with Crippen LogP contribution in [-0.2, 0) is 14.8 Å². The lowest BCUT2D eigenvalue weighted by Crippen LogP contribution is -2.30. The van der Waals surface area contributed by atoms with Gasteiger partial charge in [-0.3, -0.25) is 9.59 Å². The first-order valence-corrected chi connectivity index (χ1v) is 9.13. The van der Waals surface area contributed by atoms with E-state index >= 15 is 0 Å². The minimum absolute atomic E-state index is 0.0442. The van der Waals surface area contributed by atoms with Gasteiger partial charge in [-0.05, 0) is 36.4 Å². The molecule has 8 heteroatoms.